The SMILES string of the molecule is COc1cccc2c1Sc1ccccc1C(=O)C2. The summed E-state index contributed by atoms with van der Waals surface area (Å²) >= 11 is 1.61. The molecular formula is C15H12O2S. The van der Waals surface area contributed by atoms with Gasteiger partial charge in [0.1, 0.15) is 5.75 Å². The van der Waals surface area contributed by atoms with Crippen LogP contribution in [0.2, 0.25) is 0 Å². The summed E-state index contributed by atoms with van der Waals surface area (Å²) in [4.78, 5) is 14.3. The molecule has 3 rings (SSSR count). The number of methoxy groups -OCH3 is 1. The van der Waals surface area contributed by atoms with Crippen LogP contribution in [0, 0.1) is 0 Å². The van der Waals surface area contributed by atoms with Gasteiger partial charge in [0.05, 0.1) is 12.0 Å². The number of rotatable bonds is 1. The molecule has 0 saturated heterocycles. The van der Waals surface area contributed by atoms with E-state index >= 15 is 0 Å². The average molecular weight is 256 g/mol. The molecule has 2 aromatic rings. The van der Waals surface area contributed by atoms with E-state index in [0.717, 1.165) is 26.7 Å². The van der Waals surface area contributed by atoms with Crippen LogP contribution in [-0.4, -0.2) is 12.9 Å². The molecule has 0 bridgehead atoms. The van der Waals surface area contributed by atoms with Gasteiger partial charge in [-0.1, -0.05) is 42.1 Å². The summed E-state index contributed by atoms with van der Waals surface area (Å²) in [5, 5.41) is 0. The van der Waals surface area contributed by atoms with E-state index in [1.54, 1.807) is 18.9 Å². The van der Waals surface area contributed by atoms with Crippen molar-refractivity contribution in [2.75, 3.05) is 7.11 Å². The van der Waals surface area contributed by atoms with E-state index in [-0.39, 0.29) is 5.78 Å². The summed E-state index contributed by atoms with van der Waals surface area (Å²) in [6.45, 7) is 0. The highest BCUT2D eigenvalue weighted by Crippen LogP contribution is 2.41. The monoisotopic (exact) mass is 256 g/mol. The van der Waals surface area contributed by atoms with Crippen LogP contribution in [0.3, 0.4) is 0 Å². The highest BCUT2D eigenvalue weighted by Gasteiger charge is 2.22. The van der Waals surface area contributed by atoms with Gasteiger partial charge in [0.15, 0.2) is 5.78 Å². The van der Waals surface area contributed by atoms with Crippen LogP contribution in [0.25, 0.3) is 0 Å². The van der Waals surface area contributed by atoms with E-state index in [0.29, 0.717) is 6.42 Å². The zero-order chi connectivity index (χ0) is 12.5. The molecule has 0 unspecified atom stereocenters. The molecule has 3 heteroatoms. The van der Waals surface area contributed by atoms with Crippen LogP contribution < -0.4 is 4.74 Å². The molecule has 1 heterocycles. The largest absolute Gasteiger partial charge is 0.496 e. The lowest BCUT2D eigenvalue weighted by Crippen LogP contribution is -2.03. The molecular weight excluding hydrogens is 244 g/mol. The van der Waals surface area contributed by atoms with Gasteiger partial charge in [-0.2, -0.15) is 0 Å². The minimum Gasteiger partial charge on any atom is -0.496 e. The van der Waals surface area contributed by atoms with E-state index in [1.807, 2.05) is 42.5 Å². The molecule has 0 fully saturated rings. The van der Waals surface area contributed by atoms with Crippen LogP contribution in [0.4, 0.5) is 0 Å². The van der Waals surface area contributed by atoms with Crippen molar-refractivity contribution in [3.8, 4) is 5.75 Å². The van der Waals surface area contributed by atoms with Gasteiger partial charge in [0.25, 0.3) is 0 Å². The smallest absolute Gasteiger partial charge is 0.168 e. The Morgan fingerprint density at radius 3 is 2.78 bits per heavy atom. The summed E-state index contributed by atoms with van der Waals surface area (Å²) in [5.74, 6) is 1.01. The lowest BCUT2D eigenvalue weighted by molar-refractivity contribution is 0.0990. The Kier molecular flexibility index (Phi) is 2.84. The first-order chi connectivity index (χ1) is 8.79. The number of benzene rings is 2. The minimum atomic E-state index is 0.171. The van der Waals surface area contributed by atoms with Gasteiger partial charge >= 0.3 is 0 Å². The maximum absolute atomic E-state index is 12.2. The summed E-state index contributed by atoms with van der Waals surface area (Å²) in [6.07, 6.45) is 0.441. The average Bonchev–Trinajstić information content (AvgIpc) is 2.54. The second-order valence-corrected chi connectivity index (χ2v) is 5.20. The number of hydrogen-bond donors (Lipinski definition) is 0. The maximum Gasteiger partial charge on any atom is 0.168 e. The minimum absolute atomic E-state index is 0.171. The quantitative estimate of drug-likeness (QED) is 0.780. The highest BCUT2D eigenvalue weighted by molar-refractivity contribution is 7.99. The molecule has 0 radical (unpaired) electrons. The van der Waals surface area contributed by atoms with E-state index in [2.05, 4.69) is 0 Å². The van der Waals surface area contributed by atoms with Gasteiger partial charge in [-0.15, -0.1) is 0 Å². The lowest BCUT2D eigenvalue weighted by Gasteiger charge is -2.10. The summed E-state index contributed by atoms with van der Waals surface area (Å²) < 4.78 is 5.39. The molecule has 0 aromatic heterocycles. The van der Waals surface area contributed by atoms with E-state index in [1.165, 1.54) is 0 Å². The van der Waals surface area contributed by atoms with Crippen molar-refractivity contribution in [1.82, 2.24) is 0 Å². The zero-order valence-electron chi connectivity index (χ0n) is 9.97. The fourth-order valence-corrected chi connectivity index (χ4v) is 3.32. The van der Waals surface area contributed by atoms with Crippen molar-refractivity contribution in [2.24, 2.45) is 0 Å². The van der Waals surface area contributed by atoms with Crippen molar-refractivity contribution in [1.29, 1.82) is 0 Å². The van der Waals surface area contributed by atoms with Gasteiger partial charge in [0.2, 0.25) is 0 Å². The summed E-state index contributed by atoms with van der Waals surface area (Å²) in [6, 6.07) is 13.6. The molecule has 90 valence electrons. The third kappa shape index (κ3) is 1.81. The Hall–Kier alpha value is -1.74. The lowest BCUT2D eigenvalue weighted by atomic mass is 10.0. The van der Waals surface area contributed by atoms with Crippen LogP contribution in [0.5, 0.6) is 5.75 Å². The number of fused-ring (bicyclic) bond motifs is 2. The maximum atomic E-state index is 12.2. The molecule has 0 N–H and O–H groups in total. The van der Waals surface area contributed by atoms with E-state index in [9.17, 15) is 4.79 Å². The zero-order valence-corrected chi connectivity index (χ0v) is 10.8. The number of carbonyl (C=O) groups excluding carboxylic acids is 1. The first kappa shape index (κ1) is 11.4. The van der Waals surface area contributed by atoms with Crippen LogP contribution >= 0.6 is 11.8 Å². The molecule has 18 heavy (non-hydrogen) atoms. The van der Waals surface area contributed by atoms with E-state index in [4.69, 9.17) is 4.74 Å². The molecule has 0 amide bonds. The fourth-order valence-electron chi connectivity index (χ4n) is 2.14. The number of ketones is 1. The Labute approximate surface area is 110 Å². The van der Waals surface area contributed by atoms with Crippen molar-refractivity contribution >= 4 is 17.5 Å². The standard InChI is InChI=1S/C15H12O2S/c1-17-13-7-4-5-10-9-12(16)11-6-2-3-8-14(11)18-15(10)13/h2-8H,9H2,1H3. The van der Waals surface area contributed by atoms with Crippen molar-refractivity contribution in [2.45, 2.75) is 16.2 Å². The second-order valence-electron chi connectivity index (χ2n) is 4.15. The Bertz CT molecular complexity index is 620. The number of Topliss-reactive ketones (excluding diaryl/α,β-unsaturated/α-hetero) is 1. The van der Waals surface area contributed by atoms with Gasteiger partial charge < -0.3 is 4.74 Å². The molecule has 1 aliphatic heterocycles. The number of carbonyl (C=O) groups is 1. The normalized spacial score (nSPS) is 13.5. The Balaban J connectivity index is 2.19. The third-order valence-electron chi connectivity index (χ3n) is 3.03. The number of hydrogen-bond acceptors (Lipinski definition) is 3. The predicted octanol–water partition coefficient (Wildman–Crippen LogP) is 3.59. The molecule has 0 saturated carbocycles. The molecule has 0 aliphatic carbocycles. The van der Waals surface area contributed by atoms with Crippen molar-refractivity contribution in [3.05, 3.63) is 53.6 Å². The topological polar surface area (TPSA) is 26.3 Å². The highest BCUT2D eigenvalue weighted by atomic mass is 32.2. The van der Waals surface area contributed by atoms with Crippen LogP contribution in [0.1, 0.15) is 15.9 Å². The predicted molar refractivity (Wildman–Crippen MR) is 71.6 cm³/mol. The van der Waals surface area contributed by atoms with Gasteiger partial charge in [-0.3, -0.25) is 4.79 Å². The summed E-state index contributed by atoms with van der Waals surface area (Å²) in [7, 11) is 1.66. The first-order valence-corrected chi connectivity index (χ1v) is 6.57. The van der Waals surface area contributed by atoms with Crippen LogP contribution in [-0.2, 0) is 6.42 Å². The third-order valence-corrected chi connectivity index (χ3v) is 4.27. The fraction of sp³-hybridized carbons (Fsp3) is 0.133. The molecule has 0 atom stereocenters. The van der Waals surface area contributed by atoms with Gasteiger partial charge in [-0.05, 0) is 17.7 Å². The molecule has 0 spiro atoms. The van der Waals surface area contributed by atoms with Crippen molar-refractivity contribution in [3.63, 3.8) is 0 Å². The Morgan fingerprint density at radius 1 is 1.11 bits per heavy atom. The van der Waals surface area contributed by atoms with Crippen LogP contribution in [0.15, 0.2) is 52.3 Å². The molecule has 2 nitrogen and oxygen atoms in total. The molecule has 2 aromatic carbocycles. The van der Waals surface area contributed by atoms with Gasteiger partial charge in [-0.25, -0.2) is 0 Å². The van der Waals surface area contributed by atoms with E-state index < -0.39 is 0 Å². The van der Waals surface area contributed by atoms with Gasteiger partial charge in [0, 0.05) is 16.9 Å². The first-order valence-electron chi connectivity index (χ1n) is 5.75. The molecule has 1 aliphatic rings. The number of ether oxygens (including phenoxy) is 1. The second kappa shape index (κ2) is 4.50. The Morgan fingerprint density at radius 2 is 1.94 bits per heavy atom. The van der Waals surface area contributed by atoms with Crippen molar-refractivity contribution < 1.29 is 9.53 Å². The summed E-state index contributed by atoms with van der Waals surface area (Å²) in [5.41, 5.74) is 1.85.